The number of likely N-dealkylation sites (tertiary alicyclic amines) is 1. The summed E-state index contributed by atoms with van der Waals surface area (Å²) in [5.74, 6) is 0.782. The first-order chi connectivity index (χ1) is 22.8. The van der Waals surface area contributed by atoms with Crippen LogP contribution in [0, 0.1) is 0 Å². The second-order valence-electron chi connectivity index (χ2n) is 12.0. The van der Waals surface area contributed by atoms with Crippen LogP contribution in [-0.2, 0) is 13.2 Å². The molecule has 48 heavy (non-hydrogen) atoms. The molecule has 1 saturated heterocycles. The highest BCUT2D eigenvalue weighted by molar-refractivity contribution is 6.37. The number of benzene rings is 3. The summed E-state index contributed by atoms with van der Waals surface area (Å²) in [5.41, 5.74) is 1.29. The summed E-state index contributed by atoms with van der Waals surface area (Å²) < 4.78 is 56.0. The van der Waals surface area contributed by atoms with Crippen molar-refractivity contribution in [1.29, 1.82) is 0 Å². The van der Waals surface area contributed by atoms with Crippen LogP contribution in [0.25, 0.3) is 11.1 Å². The molecule has 0 radical (unpaired) electrons. The molecule has 0 aliphatic carbocycles. The lowest BCUT2D eigenvalue weighted by Crippen LogP contribution is -2.48. The van der Waals surface area contributed by atoms with Crippen LogP contribution in [0.3, 0.4) is 0 Å². The Morgan fingerprint density at radius 2 is 1.56 bits per heavy atom. The van der Waals surface area contributed by atoms with Crippen molar-refractivity contribution in [1.82, 2.24) is 10.2 Å². The lowest BCUT2D eigenvalue weighted by atomic mass is 10.0. The van der Waals surface area contributed by atoms with E-state index in [1.165, 1.54) is 12.1 Å². The molecule has 4 rings (SSSR count). The van der Waals surface area contributed by atoms with Gasteiger partial charge in [-0.15, -0.1) is 0 Å². The summed E-state index contributed by atoms with van der Waals surface area (Å²) in [6.45, 7) is 3.04. The van der Waals surface area contributed by atoms with E-state index in [1.807, 2.05) is 18.2 Å². The first-order valence-corrected chi connectivity index (χ1v) is 16.7. The fourth-order valence-corrected chi connectivity index (χ4v) is 5.88. The molecule has 264 valence electrons. The van der Waals surface area contributed by atoms with Crippen molar-refractivity contribution in [3.05, 3.63) is 74.7 Å². The van der Waals surface area contributed by atoms with Crippen molar-refractivity contribution in [2.75, 3.05) is 46.1 Å². The predicted octanol–water partition coefficient (Wildman–Crippen LogP) is 6.89. The molecular weight excluding hydrogens is 696 g/mol. The molecule has 1 aliphatic heterocycles. The number of nitrogens with one attached hydrogen (secondary N) is 1. The van der Waals surface area contributed by atoms with E-state index >= 15 is 0 Å². The molecule has 1 fully saturated rings. The maximum absolute atomic E-state index is 12.9. The third-order valence-electron chi connectivity index (χ3n) is 8.00. The number of alkyl halides is 3. The number of aliphatic hydroxyl groups excluding tert-OH is 3. The summed E-state index contributed by atoms with van der Waals surface area (Å²) in [6, 6.07) is 13.8. The van der Waals surface area contributed by atoms with E-state index in [4.69, 9.17) is 49.0 Å². The quantitative estimate of drug-likeness (QED) is 0.111. The summed E-state index contributed by atoms with van der Waals surface area (Å²) in [4.78, 5) is 2.20. The molecule has 1 unspecified atom stereocenters. The Labute approximate surface area is 293 Å². The number of rotatable bonds is 17. The van der Waals surface area contributed by atoms with Crippen LogP contribution in [0.2, 0.25) is 15.1 Å². The molecule has 0 spiro atoms. The van der Waals surface area contributed by atoms with Gasteiger partial charge in [-0.25, -0.2) is 0 Å². The zero-order chi connectivity index (χ0) is 34.9. The minimum Gasteiger partial charge on any atom is -0.493 e. The molecule has 0 aromatic heterocycles. The van der Waals surface area contributed by atoms with Crippen LogP contribution in [0.5, 0.6) is 17.2 Å². The van der Waals surface area contributed by atoms with Gasteiger partial charge in [0.25, 0.3) is 0 Å². The molecule has 1 atom stereocenters. The molecule has 14 heteroatoms. The number of aliphatic hydroxyl groups is 3. The van der Waals surface area contributed by atoms with Gasteiger partial charge in [0, 0.05) is 54.5 Å². The minimum atomic E-state index is -4.41. The van der Waals surface area contributed by atoms with Gasteiger partial charge in [-0.1, -0.05) is 65.1 Å². The zero-order valence-electron chi connectivity index (χ0n) is 26.5. The fraction of sp³-hybridized carbons (Fsp3) is 0.471. The topological polar surface area (TPSA) is 104 Å². The van der Waals surface area contributed by atoms with Gasteiger partial charge in [0.15, 0.2) is 0 Å². The third kappa shape index (κ3) is 10.8. The van der Waals surface area contributed by atoms with Crippen molar-refractivity contribution in [2.24, 2.45) is 0 Å². The molecule has 1 aliphatic rings. The Morgan fingerprint density at radius 3 is 2.23 bits per heavy atom. The number of hydrogen-bond donors (Lipinski definition) is 4. The SMILES string of the molecule is CC(CO)(CO)NCc1cc(Cl)c(OCc2cccc(-c3cccc(OCCCN4CCC(O)C4)c3Cl)c2Cl)cc1OCCC(F)(F)F. The van der Waals surface area contributed by atoms with Gasteiger partial charge in [-0.05, 0) is 31.9 Å². The minimum absolute atomic E-state index is 0.0297. The average Bonchev–Trinajstić information content (AvgIpc) is 3.47. The first-order valence-electron chi connectivity index (χ1n) is 15.5. The predicted molar refractivity (Wildman–Crippen MR) is 180 cm³/mol. The number of halogens is 6. The molecular formula is C34H40Cl3F3N2O6. The van der Waals surface area contributed by atoms with E-state index in [9.17, 15) is 28.5 Å². The molecule has 3 aromatic carbocycles. The smallest absolute Gasteiger partial charge is 0.392 e. The summed E-state index contributed by atoms with van der Waals surface area (Å²) >= 11 is 20.1. The van der Waals surface area contributed by atoms with Gasteiger partial charge in [-0.3, -0.25) is 0 Å². The van der Waals surface area contributed by atoms with E-state index in [2.05, 4.69) is 10.2 Å². The van der Waals surface area contributed by atoms with Gasteiger partial charge in [0.1, 0.15) is 23.9 Å². The standard InChI is InChI=1S/C34H40Cl3F3N2O6/c1-33(20-43,21-44)41-17-23-15-27(35)30(16-29(23)47-14-10-34(38,39)40)48-19-22-5-2-6-25(31(22)36)26-7-3-8-28(32(26)37)46-13-4-11-42-12-9-24(45)18-42/h2-3,5-8,15-16,24,41,43-45H,4,9-14,17-21H2,1H3. The van der Waals surface area contributed by atoms with Gasteiger partial charge >= 0.3 is 6.18 Å². The van der Waals surface area contributed by atoms with Crippen molar-refractivity contribution in [2.45, 2.75) is 57.2 Å². The Morgan fingerprint density at radius 1 is 0.875 bits per heavy atom. The normalized spacial score (nSPS) is 15.6. The molecule has 1 heterocycles. The van der Waals surface area contributed by atoms with Crippen LogP contribution >= 0.6 is 34.8 Å². The summed E-state index contributed by atoms with van der Waals surface area (Å²) in [6.07, 6.45) is -4.27. The van der Waals surface area contributed by atoms with Crippen LogP contribution in [0.15, 0.2) is 48.5 Å². The lowest BCUT2D eigenvalue weighted by Gasteiger charge is -2.27. The molecule has 0 bridgehead atoms. The molecule has 0 saturated carbocycles. The molecule has 3 aromatic rings. The van der Waals surface area contributed by atoms with E-state index < -0.39 is 24.7 Å². The Kier molecular flexibility index (Phi) is 13.9. The molecule has 4 N–H and O–H groups in total. The highest BCUT2D eigenvalue weighted by atomic mass is 35.5. The van der Waals surface area contributed by atoms with Gasteiger partial charge in [0.05, 0.1) is 59.6 Å². The van der Waals surface area contributed by atoms with Crippen molar-refractivity contribution >= 4 is 34.8 Å². The average molecular weight is 736 g/mol. The second kappa shape index (κ2) is 17.4. The monoisotopic (exact) mass is 734 g/mol. The molecule has 0 amide bonds. The number of hydrogen-bond acceptors (Lipinski definition) is 8. The zero-order valence-corrected chi connectivity index (χ0v) is 28.7. The van der Waals surface area contributed by atoms with Crippen LogP contribution in [0.4, 0.5) is 13.2 Å². The summed E-state index contributed by atoms with van der Waals surface area (Å²) in [7, 11) is 0. The first kappa shape index (κ1) is 38.3. The third-order valence-corrected chi connectivity index (χ3v) is 9.13. The maximum atomic E-state index is 12.9. The van der Waals surface area contributed by atoms with Gasteiger partial charge in [0.2, 0.25) is 0 Å². The number of ether oxygens (including phenoxy) is 3. The largest absolute Gasteiger partial charge is 0.493 e. The van der Waals surface area contributed by atoms with Gasteiger partial charge in [-0.2, -0.15) is 13.2 Å². The number of β-amino-alcohol motifs (C(OH)–C–C–N with tert-alkyl or cyclic N) is 1. The van der Waals surface area contributed by atoms with Crippen LogP contribution in [-0.4, -0.2) is 84.1 Å². The van der Waals surface area contributed by atoms with Crippen LogP contribution in [0.1, 0.15) is 37.3 Å². The Balaban J connectivity index is 1.47. The highest BCUT2D eigenvalue weighted by Crippen LogP contribution is 2.40. The number of nitrogens with zero attached hydrogens (tertiary/aromatic N) is 1. The van der Waals surface area contributed by atoms with E-state index in [0.29, 0.717) is 51.2 Å². The fourth-order valence-electron chi connectivity index (χ4n) is 5.08. The summed E-state index contributed by atoms with van der Waals surface area (Å²) in [5, 5.41) is 32.9. The van der Waals surface area contributed by atoms with Crippen molar-refractivity contribution in [3.63, 3.8) is 0 Å². The lowest BCUT2D eigenvalue weighted by molar-refractivity contribution is -0.139. The Bertz CT molecular complexity index is 1510. The molecule has 8 nitrogen and oxygen atoms in total. The van der Waals surface area contributed by atoms with E-state index in [-0.39, 0.29) is 49.0 Å². The van der Waals surface area contributed by atoms with Crippen molar-refractivity contribution < 1.29 is 42.7 Å². The van der Waals surface area contributed by atoms with Crippen molar-refractivity contribution in [3.8, 4) is 28.4 Å². The highest BCUT2D eigenvalue weighted by Gasteiger charge is 2.28. The van der Waals surface area contributed by atoms with E-state index in [1.54, 1.807) is 25.1 Å². The second-order valence-corrected chi connectivity index (χ2v) is 13.1. The Hall–Kier alpha value is -2.48. The van der Waals surface area contributed by atoms with Crippen LogP contribution < -0.4 is 19.5 Å². The van der Waals surface area contributed by atoms with E-state index in [0.717, 1.165) is 25.9 Å². The maximum Gasteiger partial charge on any atom is 0.392 e. The van der Waals surface area contributed by atoms with Gasteiger partial charge < -0.3 is 39.7 Å².